The fourth-order valence-electron chi connectivity index (χ4n) is 5.43. The number of methoxy groups -OCH3 is 1. The van der Waals surface area contributed by atoms with Gasteiger partial charge in [-0.2, -0.15) is 0 Å². The van der Waals surface area contributed by atoms with Crippen LogP contribution in [0.2, 0.25) is 0 Å². The number of anilines is 3. The summed E-state index contributed by atoms with van der Waals surface area (Å²) in [5.74, 6) is -0.0339. The highest BCUT2D eigenvalue weighted by Gasteiger charge is 2.15. The number of hydrogen-bond donors (Lipinski definition) is 2. The summed E-state index contributed by atoms with van der Waals surface area (Å²) in [5.41, 5.74) is 8.41. The molecule has 0 bridgehead atoms. The van der Waals surface area contributed by atoms with Crippen molar-refractivity contribution in [3.63, 3.8) is 0 Å². The van der Waals surface area contributed by atoms with Crippen LogP contribution < -0.4 is 20.3 Å². The van der Waals surface area contributed by atoms with Gasteiger partial charge in [-0.3, -0.25) is 9.59 Å². The van der Waals surface area contributed by atoms with Crippen LogP contribution in [0.1, 0.15) is 24.0 Å². The molecule has 0 unspecified atom stereocenters. The Hall–Kier alpha value is -5.44. The van der Waals surface area contributed by atoms with Crippen LogP contribution in [-0.4, -0.2) is 57.9 Å². The van der Waals surface area contributed by atoms with E-state index in [1.165, 1.54) is 33.8 Å². The van der Waals surface area contributed by atoms with E-state index in [0.717, 1.165) is 53.4 Å². The molecule has 0 saturated carbocycles. The summed E-state index contributed by atoms with van der Waals surface area (Å²) < 4.78 is 7.22. The molecule has 7 aromatic rings. The van der Waals surface area contributed by atoms with Crippen molar-refractivity contribution in [2.45, 2.75) is 36.7 Å². The van der Waals surface area contributed by atoms with E-state index in [4.69, 9.17) is 9.72 Å². The number of hydrogen-bond acceptors (Lipinski definition) is 12. The summed E-state index contributed by atoms with van der Waals surface area (Å²) in [4.78, 5) is 51.6. The predicted octanol–water partition coefficient (Wildman–Crippen LogP) is 8.63. The molecule has 4 aromatic heterocycles. The maximum atomic E-state index is 12.8. The Morgan fingerprint density at radius 3 is 2.08 bits per heavy atom. The molecule has 14 heteroatoms. The quantitative estimate of drug-likeness (QED) is 0.124. The average Bonchev–Trinajstić information content (AvgIpc) is 3.74. The zero-order chi connectivity index (χ0) is 36.4. The second kappa shape index (κ2) is 15.0. The molecule has 0 atom stereocenters. The number of carbonyl (C=O) groups excluding carboxylic acids is 2. The molecule has 2 N–H and O–H groups in total. The van der Waals surface area contributed by atoms with Crippen LogP contribution in [0.15, 0.2) is 89.2 Å². The summed E-state index contributed by atoms with van der Waals surface area (Å²) in [6.45, 7) is 4.15. The minimum absolute atomic E-state index is 0.00250. The Labute approximate surface area is 312 Å². The number of nitrogens with zero attached hydrogens (tertiary/aromatic N) is 6. The van der Waals surface area contributed by atoms with Gasteiger partial charge in [-0.15, -0.1) is 0 Å². The van der Waals surface area contributed by atoms with E-state index in [9.17, 15) is 9.59 Å². The van der Waals surface area contributed by atoms with Gasteiger partial charge in [0.15, 0.2) is 15.4 Å². The Morgan fingerprint density at radius 2 is 1.42 bits per heavy atom. The molecule has 52 heavy (non-hydrogen) atoms. The van der Waals surface area contributed by atoms with Crippen LogP contribution in [0.25, 0.3) is 42.8 Å². The number of pyridine rings is 1. The van der Waals surface area contributed by atoms with Crippen molar-refractivity contribution < 1.29 is 14.3 Å². The molecule has 262 valence electrons. The summed E-state index contributed by atoms with van der Waals surface area (Å²) in [6, 6.07) is 22.1. The summed E-state index contributed by atoms with van der Waals surface area (Å²) >= 11 is 4.29. The van der Waals surface area contributed by atoms with E-state index in [2.05, 4.69) is 62.6 Å². The average molecular weight is 747 g/mol. The summed E-state index contributed by atoms with van der Waals surface area (Å²) in [5, 5.41) is 7.31. The lowest BCUT2D eigenvalue weighted by Crippen LogP contribution is -2.17. The van der Waals surface area contributed by atoms with Gasteiger partial charge in [0.1, 0.15) is 0 Å². The van der Waals surface area contributed by atoms with Crippen LogP contribution >= 0.6 is 34.4 Å². The molecular formula is C38H34N8O3S3. The molecule has 0 spiro atoms. The van der Waals surface area contributed by atoms with Crippen LogP contribution in [0, 0.1) is 13.8 Å². The van der Waals surface area contributed by atoms with Crippen molar-refractivity contribution in [3.8, 4) is 28.3 Å². The largest absolute Gasteiger partial charge is 0.480 e. The number of amides is 2. The maximum Gasteiger partial charge on any atom is 0.237 e. The van der Waals surface area contributed by atoms with Gasteiger partial charge in [-0.1, -0.05) is 46.9 Å². The number of nitrogens with one attached hydrogen (secondary N) is 2. The van der Waals surface area contributed by atoms with E-state index >= 15 is 0 Å². The number of ether oxygens (including phenoxy) is 1. The number of benzene rings is 3. The highest BCUT2D eigenvalue weighted by atomic mass is 32.2. The molecule has 7 rings (SSSR count). The van der Waals surface area contributed by atoms with E-state index in [1.54, 1.807) is 31.3 Å². The number of rotatable bonds is 11. The van der Waals surface area contributed by atoms with Gasteiger partial charge in [0, 0.05) is 55.4 Å². The van der Waals surface area contributed by atoms with E-state index in [1.807, 2.05) is 67.5 Å². The highest BCUT2D eigenvalue weighted by Crippen LogP contribution is 2.35. The third-order valence-corrected chi connectivity index (χ3v) is 11.1. The molecule has 11 nitrogen and oxygen atoms in total. The normalized spacial score (nSPS) is 11.2. The van der Waals surface area contributed by atoms with Crippen molar-refractivity contribution in [2.75, 3.05) is 36.7 Å². The Bertz CT molecular complexity index is 2460. The van der Waals surface area contributed by atoms with Gasteiger partial charge in [0.05, 0.1) is 38.9 Å². The highest BCUT2D eigenvalue weighted by molar-refractivity contribution is 7.99. The lowest BCUT2D eigenvalue weighted by Gasteiger charge is -2.16. The number of thiazole rings is 2. The number of aryl methyl sites for hydroxylation is 2. The van der Waals surface area contributed by atoms with Crippen LogP contribution in [0.5, 0.6) is 5.88 Å². The monoisotopic (exact) mass is 746 g/mol. The second-order valence-corrected chi connectivity index (χ2v) is 15.3. The summed E-state index contributed by atoms with van der Waals surface area (Å²) in [6.07, 6.45) is 3.55. The molecule has 0 aliphatic rings. The number of fused-ring (bicyclic) bond motifs is 2. The molecule has 0 aliphatic heterocycles. The number of carbonyl (C=O) groups is 2. The van der Waals surface area contributed by atoms with Crippen molar-refractivity contribution in [2.24, 2.45) is 0 Å². The van der Waals surface area contributed by atoms with Crippen LogP contribution in [-0.2, 0) is 9.59 Å². The Balaban J connectivity index is 0.955. The molecular weight excluding hydrogens is 713 g/mol. The van der Waals surface area contributed by atoms with Gasteiger partial charge in [-0.05, 0) is 84.8 Å². The summed E-state index contributed by atoms with van der Waals surface area (Å²) in [7, 11) is 5.48. The van der Waals surface area contributed by atoms with Gasteiger partial charge in [0.25, 0.3) is 0 Å². The zero-order valence-electron chi connectivity index (χ0n) is 29.1. The molecule has 2 amide bonds. The maximum absolute atomic E-state index is 12.8. The first-order valence-corrected chi connectivity index (χ1v) is 18.8. The predicted molar refractivity (Wildman–Crippen MR) is 211 cm³/mol. The second-order valence-electron chi connectivity index (χ2n) is 12.2. The van der Waals surface area contributed by atoms with Crippen molar-refractivity contribution in [1.29, 1.82) is 0 Å². The molecule has 0 saturated heterocycles. The Kier molecular flexibility index (Phi) is 10.1. The molecule has 0 fully saturated rings. The Morgan fingerprint density at radius 1 is 0.769 bits per heavy atom. The molecule has 4 heterocycles. The fraction of sp³-hybridized carbons (Fsp3) is 0.184. The first-order valence-electron chi connectivity index (χ1n) is 16.3. The van der Waals surface area contributed by atoms with E-state index in [-0.39, 0.29) is 24.7 Å². The lowest BCUT2D eigenvalue weighted by atomic mass is 10.1. The number of aromatic nitrogens is 5. The van der Waals surface area contributed by atoms with Gasteiger partial charge in [-0.25, -0.2) is 24.9 Å². The van der Waals surface area contributed by atoms with Crippen molar-refractivity contribution in [3.05, 3.63) is 90.3 Å². The van der Waals surface area contributed by atoms with Crippen molar-refractivity contribution >= 4 is 82.6 Å². The fourth-order valence-corrected chi connectivity index (χ4v) is 8.20. The molecule has 3 aromatic carbocycles. The van der Waals surface area contributed by atoms with Crippen molar-refractivity contribution in [1.82, 2.24) is 24.9 Å². The van der Waals surface area contributed by atoms with Crippen LogP contribution in [0.4, 0.5) is 16.0 Å². The minimum Gasteiger partial charge on any atom is -0.480 e. The van der Waals surface area contributed by atoms with E-state index < -0.39 is 0 Å². The molecule has 0 aliphatic carbocycles. The first-order chi connectivity index (χ1) is 25.1. The van der Waals surface area contributed by atoms with Gasteiger partial charge < -0.3 is 20.3 Å². The van der Waals surface area contributed by atoms with Gasteiger partial charge in [0.2, 0.25) is 17.7 Å². The van der Waals surface area contributed by atoms with Crippen LogP contribution in [0.3, 0.4) is 0 Å². The lowest BCUT2D eigenvalue weighted by molar-refractivity contribution is -0.121. The molecule has 0 radical (unpaired) electrons. The smallest absolute Gasteiger partial charge is 0.237 e. The first kappa shape index (κ1) is 35.0. The topological polar surface area (TPSA) is 135 Å². The third kappa shape index (κ3) is 7.88. The third-order valence-electron chi connectivity index (χ3n) is 8.16. The SMILES string of the molecule is COc1ncc(-c2ccc3nc(NC(=O)CCC(=O)Nc4nc5ccc(-c6ccnc(Sc7cc(C)ccc7C)n6)cc5s4)sc3c2)cc1N(C)C. The van der Waals surface area contributed by atoms with Gasteiger partial charge >= 0.3 is 0 Å². The minimum atomic E-state index is -0.294. The zero-order valence-corrected chi connectivity index (χ0v) is 31.5. The van der Waals surface area contributed by atoms with E-state index in [0.29, 0.717) is 21.3 Å². The standard InChI is InChI=1S/C38H34N8O3S3/c1-21-6-7-22(2)30(16-21)50-36-39-15-14-26(41-36)24-9-11-28-32(19-24)52-38(43-28)45-34(48)13-12-33(47)44-37-42-27-10-8-23(18-31(27)51-37)25-17-29(46(3)4)35(49-5)40-20-25/h6-11,14-20H,12-13H2,1-5H3,(H,42,44,47)(H,43,45,48).